The van der Waals surface area contributed by atoms with Crippen molar-refractivity contribution in [2.24, 2.45) is 5.92 Å². The molecule has 0 radical (unpaired) electrons. The Morgan fingerprint density at radius 2 is 1.88 bits per heavy atom. The van der Waals surface area contributed by atoms with Crippen LogP contribution in [0.4, 0.5) is 0 Å². The van der Waals surface area contributed by atoms with E-state index in [1.807, 2.05) is 0 Å². The van der Waals surface area contributed by atoms with Crippen LogP contribution in [0.1, 0.15) is 30.7 Å². The van der Waals surface area contributed by atoms with Crippen molar-refractivity contribution in [3.8, 4) is 0 Å². The first-order valence-corrected chi connectivity index (χ1v) is 7.38. The number of rotatable bonds is 2. The monoisotopic (exact) mass is 332 g/mol. The molecule has 0 N–H and O–H groups in total. The Kier molecular flexibility index (Phi) is 2.72. The smallest absolute Gasteiger partial charge is 0.306 e. The molecular formula is C14H12N4O6. The van der Waals surface area contributed by atoms with Gasteiger partial charge in [-0.2, -0.15) is 0 Å². The molecule has 3 aliphatic carbocycles. The second kappa shape index (κ2) is 4.49. The number of nitro groups is 2. The Labute approximate surface area is 134 Å². The van der Waals surface area contributed by atoms with Crippen LogP contribution in [0.5, 0.6) is 0 Å². The molecule has 3 unspecified atom stereocenters. The van der Waals surface area contributed by atoms with Gasteiger partial charge in [0.1, 0.15) is 5.92 Å². The first kappa shape index (κ1) is 14.5. The molecule has 1 aromatic rings. The second-order valence-corrected chi connectivity index (χ2v) is 6.17. The normalized spacial score (nSPS) is 33.2. The van der Waals surface area contributed by atoms with Gasteiger partial charge < -0.3 is 5.21 Å². The summed E-state index contributed by atoms with van der Waals surface area (Å²) >= 11 is 0. The molecule has 1 heterocycles. The van der Waals surface area contributed by atoms with Gasteiger partial charge in [-0.1, -0.05) is 24.3 Å². The quantitative estimate of drug-likeness (QED) is 0.342. The summed E-state index contributed by atoms with van der Waals surface area (Å²) in [6.07, 6.45) is 8.03. The summed E-state index contributed by atoms with van der Waals surface area (Å²) in [6, 6.07) is 0. The van der Waals surface area contributed by atoms with Crippen LogP contribution in [-0.4, -0.2) is 20.5 Å². The maximum Gasteiger partial charge on any atom is 0.306 e. The maximum atomic E-state index is 12.1. The average molecular weight is 332 g/mol. The molecule has 0 fully saturated rings. The molecule has 1 aromatic heterocycles. The number of nitrogens with zero attached hydrogens (tertiary/aromatic N) is 4. The Bertz CT molecular complexity index is 855. The van der Waals surface area contributed by atoms with Crippen LogP contribution in [0.15, 0.2) is 35.0 Å². The van der Waals surface area contributed by atoms with Crippen molar-refractivity contribution in [2.75, 3.05) is 0 Å². The van der Waals surface area contributed by atoms with Crippen molar-refractivity contribution in [3.63, 3.8) is 0 Å². The molecular weight excluding hydrogens is 320 g/mol. The molecule has 24 heavy (non-hydrogen) atoms. The van der Waals surface area contributed by atoms with E-state index in [1.54, 1.807) is 24.3 Å². The lowest BCUT2D eigenvalue weighted by Crippen LogP contribution is -2.63. The van der Waals surface area contributed by atoms with E-state index in [-0.39, 0.29) is 41.1 Å². The summed E-state index contributed by atoms with van der Waals surface area (Å²) in [4.78, 5) is 23.1. The molecule has 3 atom stereocenters. The number of allylic oxidation sites excluding steroid dienone is 3. The number of hydrogen-bond acceptors (Lipinski definition) is 7. The molecule has 10 nitrogen and oxygen atoms in total. The van der Waals surface area contributed by atoms with Gasteiger partial charge >= 0.3 is 11.2 Å². The van der Waals surface area contributed by atoms with Crippen LogP contribution in [0.2, 0.25) is 0 Å². The summed E-state index contributed by atoms with van der Waals surface area (Å²) < 4.78 is 4.61. The third-order valence-corrected chi connectivity index (χ3v) is 5.34. The summed E-state index contributed by atoms with van der Waals surface area (Å²) in [5, 5.41) is 39.8. The first-order valence-electron chi connectivity index (χ1n) is 7.38. The lowest BCUT2D eigenvalue weighted by Gasteiger charge is -2.43. The van der Waals surface area contributed by atoms with Gasteiger partial charge in [0.05, 0.1) is 5.57 Å². The Morgan fingerprint density at radius 3 is 2.58 bits per heavy atom. The third kappa shape index (κ3) is 1.41. The van der Waals surface area contributed by atoms with Crippen molar-refractivity contribution < 1.29 is 19.4 Å². The lowest BCUT2D eigenvalue weighted by atomic mass is 9.56. The van der Waals surface area contributed by atoms with E-state index >= 15 is 0 Å². The van der Waals surface area contributed by atoms with Gasteiger partial charge in [0, 0.05) is 27.8 Å². The molecule has 0 spiro atoms. The summed E-state index contributed by atoms with van der Waals surface area (Å²) in [5.74, 6) is -0.964. The Morgan fingerprint density at radius 1 is 1.17 bits per heavy atom. The fraction of sp³-hybridized carbons (Fsp3) is 0.429. The van der Waals surface area contributed by atoms with Crippen LogP contribution in [0, 0.1) is 31.4 Å². The van der Waals surface area contributed by atoms with E-state index in [2.05, 4.69) is 9.79 Å². The molecule has 0 aliphatic heterocycles. The van der Waals surface area contributed by atoms with E-state index in [0.717, 1.165) is 0 Å². The van der Waals surface area contributed by atoms with Crippen molar-refractivity contribution in [1.82, 2.24) is 5.16 Å². The highest BCUT2D eigenvalue weighted by Gasteiger charge is 2.76. The predicted molar refractivity (Wildman–Crippen MR) is 77.5 cm³/mol. The van der Waals surface area contributed by atoms with E-state index in [4.69, 9.17) is 0 Å². The number of fused-ring (bicyclic) bond motifs is 6. The van der Waals surface area contributed by atoms with Gasteiger partial charge in [0.25, 0.3) is 5.54 Å². The van der Waals surface area contributed by atoms with Crippen molar-refractivity contribution in [2.45, 2.75) is 30.3 Å². The summed E-state index contributed by atoms with van der Waals surface area (Å²) in [7, 11) is 0. The molecule has 4 rings (SSSR count). The zero-order valence-corrected chi connectivity index (χ0v) is 12.3. The molecule has 0 saturated carbocycles. The minimum absolute atomic E-state index is 0.0233. The van der Waals surface area contributed by atoms with E-state index in [9.17, 15) is 25.4 Å². The van der Waals surface area contributed by atoms with Crippen LogP contribution in [0.3, 0.4) is 0 Å². The van der Waals surface area contributed by atoms with Crippen molar-refractivity contribution >= 4 is 5.57 Å². The van der Waals surface area contributed by atoms with Gasteiger partial charge in [0.2, 0.25) is 5.69 Å². The Hall–Kier alpha value is -3.04. The summed E-state index contributed by atoms with van der Waals surface area (Å²) in [6.45, 7) is 0. The summed E-state index contributed by atoms with van der Waals surface area (Å²) in [5.41, 5.74) is -3.81. The highest BCUT2D eigenvalue weighted by molar-refractivity contribution is 5.76. The average Bonchev–Trinajstić information content (AvgIpc) is 2.97. The molecule has 10 heteroatoms. The molecule has 0 aromatic carbocycles. The molecule has 124 valence electrons. The molecule has 0 amide bonds. The lowest BCUT2D eigenvalue weighted by molar-refractivity contribution is -0.805. The van der Waals surface area contributed by atoms with Crippen LogP contribution < -0.4 is 4.90 Å². The SMILES string of the molecule is O=[N+]([O-])C12CC=CC=C1c1c(no[n+]1[O-])C1([N+](=O)[O-])CC=CCC21. The van der Waals surface area contributed by atoms with Crippen molar-refractivity contribution in [1.29, 1.82) is 0 Å². The first-order chi connectivity index (χ1) is 11.5. The van der Waals surface area contributed by atoms with Gasteiger partial charge in [-0.15, -0.1) is 0 Å². The highest BCUT2D eigenvalue weighted by Crippen LogP contribution is 2.58. The highest BCUT2D eigenvalue weighted by atomic mass is 16.8. The number of hydrogen-bond donors (Lipinski definition) is 0. The Balaban J connectivity index is 2.14. The fourth-order valence-corrected chi connectivity index (χ4v) is 4.31. The molecule has 0 bridgehead atoms. The van der Waals surface area contributed by atoms with E-state index in [1.165, 1.54) is 6.08 Å². The van der Waals surface area contributed by atoms with Crippen LogP contribution in [-0.2, 0) is 5.54 Å². The fourth-order valence-electron chi connectivity index (χ4n) is 4.31. The minimum Gasteiger partial charge on any atom is -0.359 e. The predicted octanol–water partition coefficient (Wildman–Crippen LogP) is 1.12. The van der Waals surface area contributed by atoms with Gasteiger partial charge in [-0.05, 0) is 17.4 Å². The van der Waals surface area contributed by atoms with E-state index in [0.29, 0.717) is 0 Å². The van der Waals surface area contributed by atoms with Crippen LogP contribution in [0.25, 0.3) is 5.57 Å². The molecule has 3 aliphatic rings. The van der Waals surface area contributed by atoms with Gasteiger partial charge in [-0.3, -0.25) is 24.9 Å². The van der Waals surface area contributed by atoms with Gasteiger partial charge in [0.15, 0.2) is 0 Å². The number of aromatic nitrogens is 2. The van der Waals surface area contributed by atoms with Crippen LogP contribution >= 0.6 is 0 Å². The van der Waals surface area contributed by atoms with Gasteiger partial charge in [-0.25, -0.2) is 0 Å². The largest absolute Gasteiger partial charge is 0.359 e. The zero-order chi connectivity index (χ0) is 17.1. The topological polar surface area (TPSA) is 139 Å². The maximum absolute atomic E-state index is 12.1. The minimum atomic E-state index is -1.85. The molecule has 0 saturated heterocycles. The standard InChI is InChI=1S/C14H12N4O6/c19-16-11-9-5-1-3-7-13(9,17(20)21)10-6-2-4-8-14(10,18(22)23)12(11)15-24-16/h1-5,10H,6-8H2. The second-order valence-electron chi connectivity index (χ2n) is 6.17. The van der Waals surface area contributed by atoms with E-state index < -0.39 is 26.8 Å². The third-order valence-electron chi connectivity index (χ3n) is 5.34. The zero-order valence-electron chi connectivity index (χ0n) is 12.3. The van der Waals surface area contributed by atoms with Crippen molar-refractivity contribution in [3.05, 3.63) is 67.2 Å².